The van der Waals surface area contributed by atoms with Crippen LogP contribution >= 0.6 is 0 Å². The van der Waals surface area contributed by atoms with Gasteiger partial charge in [0.1, 0.15) is 5.82 Å². The maximum absolute atomic E-state index is 13.9. The number of hydrogen-bond donors (Lipinski definition) is 0. The maximum atomic E-state index is 13.9. The van der Waals surface area contributed by atoms with Crippen LogP contribution in [0.1, 0.15) is 38.9 Å². The Labute approximate surface area is 117 Å². The van der Waals surface area contributed by atoms with Crippen LogP contribution in [0.2, 0.25) is 18.1 Å². The van der Waals surface area contributed by atoms with Crippen molar-refractivity contribution in [3.63, 3.8) is 0 Å². The first-order valence-corrected chi connectivity index (χ1v) is 9.63. The Kier molecular flexibility index (Phi) is 5.10. The minimum absolute atomic E-state index is 0.109. The standard InChI is InChI=1S/C16H25FOSi/c1-7-10-15(13-11-8-9-12-14(13)17)18-19(5,6)16(2,3)4/h7-9,11-12,15H,1,10H2,2-6H3. The van der Waals surface area contributed by atoms with Crippen molar-refractivity contribution in [3.05, 3.63) is 48.3 Å². The van der Waals surface area contributed by atoms with E-state index in [-0.39, 0.29) is 17.0 Å². The van der Waals surface area contributed by atoms with Gasteiger partial charge in [0, 0.05) is 5.56 Å². The van der Waals surface area contributed by atoms with Crippen molar-refractivity contribution >= 4 is 8.32 Å². The van der Waals surface area contributed by atoms with Gasteiger partial charge < -0.3 is 4.43 Å². The molecule has 0 saturated heterocycles. The molecule has 0 heterocycles. The third kappa shape index (κ3) is 4.01. The zero-order valence-electron chi connectivity index (χ0n) is 12.7. The summed E-state index contributed by atoms with van der Waals surface area (Å²) in [6.07, 6.45) is 2.19. The van der Waals surface area contributed by atoms with E-state index in [2.05, 4.69) is 40.4 Å². The average Bonchev–Trinajstić information content (AvgIpc) is 2.27. The Morgan fingerprint density at radius 3 is 2.37 bits per heavy atom. The van der Waals surface area contributed by atoms with Crippen LogP contribution in [-0.2, 0) is 4.43 Å². The van der Waals surface area contributed by atoms with Crippen LogP contribution in [0.3, 0.4) is 0 Å². The molecule has 0 aliphatic heterocycles. The molecule has 0 aliphatic carbocycles. The molecular weight excluding hydrogens is 255 g/mol. The first kappa shape index (κ1) is 16.1. The largest absolute Gasteiger partial charge is 0.410 e. The van der Waals surface area contributed by atoms with E-state index in [1.807, 2.05) is 6.07 Å². The van der Waals surface area contributed by atoms with E-state index in [1.54, 1.807) is 18.2 Å². The molecule has 1 atom stereocenters. The van der Waals surface area contributed by atoms with Gasteiger partial charge in [-0.3, -0.25) is 0 Å². The Hall–Kier alpha value is -0.933. The topological polar surface area (TPSA) is 9.23 Å². The molecule has 3 heteroatoms. The van der Waals surface area contributed by atoms with E-state index in [0.29, 0.717) is 12.0 Å². The lowest BCUT2D eigenvalue weighted by Gasteiger charge is -2.39. The molecule has 19 heavy (non-hydrogen) atoms. The molecule has 0 aliphatic rings. The van der Waals surface area contributed by atoms with Crippen molar-refractivity contribution in [2.45, 2.75) is 51.4 Å². The fourth-order valence-electron chi connectivity index (χ4n) is 1.66. The number of hydrogen-bond acceptors (Lipinski definition) is 1. The summed E-state index contributed by atoms with van der Waals surface area (Å²) < 4.78 is 20.3. The zero-order chi connectivity index (χ0) is 14.7. The van der Waals surface area contributed by atoms with Crippen molar-refractivity contribution < 1.29 is 8.82 Å². The summed E-state index contributed by atoms with van der Waals surface area (Å²) in [6, 6.07) is 6.84. The SMILES string of the molecule is C=CCC(O[Si](C)(C)C(C)(C)C)c1ccccc1F. The number of halogens is 1. The van der Waals surface area contributed by atoms with Crippen LogP contribution in [0.25, 0.3) is 0 Å². The molecule has 0 N–H and O–H groups in total. The number of benzene rings is 1. The molecule has 106 valence electrons. The average molecular weight is 280 g/mol. The third-order valence-electron chi connectivity index (χ3n) is 3.88. The molecule has 0 fully saturated rings. The van der Waals surface area contributed by atoms with Gasteiger partial charge in [-0.25, -0.2) is 4.39 Å². The molecule has 1 aromatic rings. The summed E-state index contributed by atoms with van der Waals surface area (Å²) in [5.74, 6) is -0.201. The van der Waals surface area contributed by atoms with Crippen LogP contribution < -0.4 is 0 Å². The molecule has 0 spiro atoms. The summed E-state index contributed by atoms with van der Waals surface area (Å²) in [5, 5.41) is 0.109. The van der Waals surface area contributed by atoms with Gasteiger partial charge in [-0.1, -0.05) is 45.0 Å². The third-order valence-corrected chi connectivity index (χ3v) is 8.36. The molecule has 1 nitrogen and oxygen atoms in total. The molecule has 0 saturated carbocycles. The minimum Gasteiger partial charge on any atom is -0.410 e. The van der Waals surface area contributed by atoms with Gasteiger partial charge in [0.2, 0.25) is 0 Å². The smallest absolute Gasteiger partial charge is 0.192 e. The van der Waals surface area contributed by atoms with Crippen LogP contribution in [0.15, 0.2) is 36.9 Å². The molecule has 1 rings (SSSR count). The molecule has 1 unspecified atom stereocenters. The van der Waals surface area contributed by atoms with Crippen molar-refractivity contribution in [2.75, 3.05) is 0 Å². The van der Waals surface area contributed by atoms with Crippen molar-refractivity contribution in [1.82, 2.24) is 0 Å². The summed E-state index contributed by atoms with van der Waals surface area (Å²) in [7, 11) is -1.93. The maximum Gasteiger partial charge on any atom is 0.192 e. The lowest BCUT2D eigenvalue weighted by Crippen LogP contribution is -2.41. The van der Waals surface area contributed by atoms with Gasteiger partial charge in [-0.2, -0.15) is 0 Å². The second-order valence-corrected chi connectivity index (χ2v) is 11.2. The fourth-order valence-corrected chi connectivity index (χ4v) is 2.95. The molecule has 0 radical (unpaired) electrons. The monoisotopic (exact) mass is 280 g/mol. The van der Waals surface area contributed by atoms with Crippen molar-refractivity contribution in [3.8, 4) is 0 Å². The van der Waals surface area contributed by atoms with Gasteiger partial charge >= 0.3 is 0 Å². The van der Waals surface area contributed by atoms with Crippen molar-refractivity contribution in [2.24, 2.45) is 0 Å². The predicted molar refractivity (Wildman–Crippen MR) is 82.2 cm³/mol. The molecule has 0 bridgehead atoms. The van der Waals surface area contributed by atoms with Crippen LogP contribution in [0.5, 0.6) is 0 Å². The zero-order valence-corrected chi connectivity index (χ0v) is 13.7. The summed E-state index contributed by atoms with van der Waals surface area (Å²) >= 11 is 0. The fraction of sp³-hybridized carbons (Fsp3) is 0.500. The van der Waals surface area contributed by atoms with E-state index >= 15 is 0 Å². The van der Waals surface area contributed by atoms with Gasteiger partial charge in [0.15, 0.2) is 8.32 Å². The first-order chi connectivity index (χ1) is 8.69. The lowest BCUT2D eigenvalue weighted by molar-refractivity contribution is 0.182. The molecular formula is C16H25FOSi. The van der Waals surface area contributed by atoms with Crippen LogP contribution in [0.4, 0.5) is 4.39 Å². The highest BCUT2D eigenvalue weighted by molar-refractivity contribution is 6.74. The van der Waals surface area contributed by atoms with Gasteiger partial charge in [-0.05, 0) is 30.6 Å². The second kappa shape index (κ2) is 6.01. The highest BCUT2D eigenvalue weighted by atomic mass is 28.4. The van der Waals surface area contributed by atoms with Crippen molar-refractivity contribution in [1.29, 1.82) is 0 Å². The molecule has 0 aromatic heterocycles. The van der Waals surface area contributed by atoms with Gasteiger partial charge in [0.05, 0.1) is 6.10 Å². The Bertz CT molecular complexity index is 435. The molecule has 0 amide bonds. The van der Waals surface area contributed by atoms with E-state index in [4.69, 9.17) is 4.43 Å². The highest BCUT2D eigenvalue weighted by Crippen LogP contribution is 2.40. The Morgan fingerprint density at radius 2 is 1.89 bits per heavy atom. The van der Waals surface area contributed by atoms with E-state index in [0.717, 1.165) is 0 Å². The number of rotatable bonds is 5. The predicted octanol–water partition coefficient (Wildman–Crippen LogP) is 5.46. The van der Waals surface area contributed by atoms with Crippen LogP contribution in [0, 0.1) is 5.82 Å². The normalized spacial score (nSPS) is 14.2. The van der Waals surface area contributed by atoms with E-state index in [1.165, 1.54) is 6.07 Å². The van der Waals surface area contributed by atoms with Gasteiger partial charge in [-0.15, -0.1) is 6.58 Å². The summed E-state index contributed by atoms with van der Waals surface area (Å²) in [6.45, 7) is 14.7. The molecule has 1 aromatic carbocycles. The van der Waals surface area contributed by atoms with Crippen LogP contribution in [-0.4, -0.2) is 8.32 Å². The lowest BCUT2D eigenvalue weighted by atomic mass is 10.1. The second-order valence-electron chi connectivity index (χ2n) is 6.41. The Balaban J connectivity index is 3.04. The quantitative estimate of drug-likeness (QED) is 0.513. The van der Waals surface area contributed by atoms with Gasteiger partial charge in [0.25, 0.3) is 0 Å². The summed E-state index contributed by atoms with van der Waals surface area (Å²) in [4.78, 5) is 0. The van der Waals surface area contributed by atoms with E-state index in [9.17, 15) is 4.39 Å². The van der Waals surface area contributed by atoms with E-state index < -0.39 is 8.32 Å². The Morgan fingerprint density at radius 1 is 1.32 bits per heavy atom. The first-order valence-electron chi connectivity index (χ1n) is 6.72. The summed E-state index contributed by atoms with van der Waals surface area (Å²) in [5.41, 5.74) is 0.632. The highest BCUT2D eigenvalue weighted by Gasteiger charge is 2.39. The minimum atomic E-state index is -1.93.